The van der Waals surface area contributed by atoms with E-state index in [4.69, 9.17) is 0 Å². The van der Waals surface area contributed by atoms with Crippen molar-refractivity contribution in [3.8, 4) is 11.3 Å². The summed E-state index contributed by atoms with van der Waals surface area (Å²) in [6.45, 7) is 1.77. The van der Waals surface area contributed by atoms with Crippen LogP contribution >= 0.6 is 0 Å². The number of nitrogens with zero attached hydrogens (tertiary/aromatic N) is 2. The minimum Gasteiger partial charge on any atom is -0.364 e. The van der Waals surface area contributed by atoms with Crippen molar-refractivity contribution in [2.24, 2.45) is 0 Å². The first-order valence-electron chi connectivity index (χ1n) is 10.8. The average molecular weight is 501 g/mol. The number of anilines is 2. The Kier molecular flexibility index (Phi) is 7.00. The molecule has 186 valence electrons. The summed E-state index contributed by atoms with van der Waals surface area (Å²) in [5, 5.41) is 17.7. The van der Waals surface area contributed by atoms with Gasteiger partial charge in [0.2, 0.25) is 0 Å². The van der Waals surface area contributed by atoms with Crippen LogP contribution in [-0.4, -0.2) is 28.8 Å². The second-order valence-electron chi connectivity index (χ2n) is 8.02. The lowest BCUT2D eigenvalue weighted by Gasteiger charge is -2.18. The van der Waals surface area contributed by atoms with Gasteiger partial charge >= 0.3 is 12.2 Å². The molecule has 0 saturated heterocycles. The molecular weight excluding hydrogens is 481 g/mol. The number of amides is 2. The molecule has 6 nitrogen and oxygen atoms in total. The lowest BCUT2D eigenvalue weighted by atomic mass is 10.0. The van der Waals surface area contributed by atoms with Gasteiger partial charge in [0.15, 0.2) is 5.82 Å². The zero-order valence-corrected chi connectivity index (χ0v) is 18.8. The molecule has 0 unspecified atom stereocenters. The predicted octanol–water partition coefficient (Wildman–Crippen LogP) is 6.22. The van der Waals surface area contributed by atoms with Crippen molar-refractivity contribution in [3.63, 3.8) is 0 Å². The van der Waals surface area contributed by atoms with Gasteiger partial charge in [-0.3, -0.25) is 0 Å². The fourth-order valence-corrected chi connectivity index (χ4v) is 3.59. The molecule has 0 spiro atoms. The Labute approximate surface area is 202 Å². The molecule has 36 heavy (non-hydrogen) atoms. The van der Waals surface area contributed by atoms with Crippen LogP contribution in [0.5, 0.6) is 0 Å². The first-order chi connectivity index (χ1) is 17.1. The third-order valence-electron chi connectivity index (χ3n) is 5.29. The number of hydrogen-bond acceptors (Lipinski definition) is 4. The summed E-state index contributed by atoms with van der Waals surface area (Å²) in [5.74, 6) is -0.998. The van der Waals surface area contributed by atoms with E-state index in [1.165, 1.54) is 12.1 Å². The Balaban J connectivity index is 1.45. The Hall–Kier alpha value is -4.28. The largest absolute Gasteiger partial charge is 0.418 e. The highest BCUT2D eigenvalue weighted by Crippen LogP contribution is 2.35. The monoisotopic (exact) mass is 501 g/mol. The van der Waals surface area contributed by atoms with Gasteiger partial charge in [-0.1, -0.05) is 24.3 Å². The molecule has 0 saturated carbocycles. The Bertz CT molecular complexity index is 1390. The van der Waals surface area contributed by atoms with Crippen LogP contribution in [0.25, 0.3) is 22.0 Å². The number of rotatable bonds is 6. The molecule has 0 radical (unpaired) electrons. The number of aromatic nitrogens is 2. The molecule has 0 fully saturated rings. The van der Waals surface area contributed by atoms with E-state index in [1.807, 2.05) is 24.3 Å². The fraction of sp³-hybridized carbons (Fsp3) is 0.160. The zero-order valence-electron chi connectivity index (χ0n) is 18.8. The van der Waals surface area contributed by atoms with Crippen LogP contribution < -0.4 is 16.0 Å². The van der Waals surface area contributed by atoms with Gasteiger partial charge in [0.1, 0.15) is 17.3 Å². The van der Waals surface area contributed by atoms with Crippen LogP contribution in [0, 0.1) is 11.6 Å². The maximum Gasteiger partial charge on any atom is 0.418 e. The molecule has 1 heterocycles. The highest BCUT2D eigenvalue weighted by atomic mass is 19.4. The van der Waals surface area contributed by atoms with E-state index < -0.39 is 29.3 Å². The molecule has 2 amide bonds. The van der Waals surface area contributed by atoms with Crippen molar-refractivity contribution >= 4 is 28.3 Å². The summed E-state index contributed by atoms with van der Waals surface area (Å²) in [7, 11) is 0. The predicted molar refractivity (Wildman–Crippen MR) is 126 cm³/mol. The Morgan fingerprint density at radius 1 is 0.917 bits per heavy atom. The highest BCUT2D eigenvalue weighted by molar-refractivity contribution is 6.00. The van der Waals surface area contributed by atoms with Crippen molar-refractivity contribution < 1.29 is 26.7 Å². The molecule has 1 atom stereocenters. The van der Waals surface area contributed by atoms with Gasteiger partial charge in [-0.05, 0) is 49.4 Å². The number of alkyl halides is 3. The second-order valence-corrected chi connectivity index (χ2v) is 8.02. The van der Waals surface area contributed by atoms with E-state index in [1.54, 1.807) is 19.1 Å². The number of halogens is 5. The van der Waals surface area contributed by atoms with Crippen LogP contribution in [0.3, 0.4) is 0 Å². The Morgan fingerprint density at radius 3 is 2.28 bits per heavy atom. The lowest BCUT2D eigenvalue weighted by molar-refractivity contribution is -0.137. The van der Waals surface area contributed by atoms with Gasteiger partial charge in [-0.2, -0.15) is 13.2 Å². The average Bonchev–Trinajstić information content (AvgIpc) is 2.84. The van der Waals surface area contributed by atoms with Crippen molar-refractivity contribution in [2.75, 3.05) is 17.2 Å². The smallest absolute Gasteiger partial charge is 0.364 e. The maximum atomic E-state index is 13.3. The van der Waals surface area contributed by atoms with Gasteiger partial charge in [0.25, 0.3) is 0 Å². The summed E-state index contributed by atoms with van der Waals surface area (Å²) in [5.41, 5.74) is -0.583. The third-order valence-corrected chi connectivity index (χ3v) is 5.29. The van der Waals surface area contributed by atoms with Gasteiger partial charge in [0.05, 0.1) is 11.3 Å². The van der Waals surface area contributed by atoms with E-state index in [0.717, 1.165) is 22.9 Å². The standard InChI is InChI=1S/C25H20F5N5O/c1-14(13-31-24(36)33-21-11-10-17(27)12-20(21)25(28,29)30)32-23-19-5-3-2-4-18(19)22(34-35-23)15-6-8-16(26)9-7-15/h2-12,14H,13H2,1H3,(H,32,35)(H2,31,33,36)/t14-/m0/s1. The summed E-state index contributed by atoms with van der Waals surface area (Å²) in [6, 6.07) is 13.9. The van der Waals surface area contributed by atoms with E-state index >= 15 is 0 Å². The molecule has 4 rings (SSSR count). The highest BCUT2D eigenvalue weighted by Gasteiger charge is 2.34. The third kappa shape index (κ3) is 5.68. The number of urea groups is 1. The number of nitrogens with one attached hydrogen (secondary N) is 3. The van der Waals surface area contributed by atoms with E-state index in [9.17, 15) is 26.7 Å². The van der Waals surface area contributed by atoms with Crippen LogP contribution in [0.2, 0.25) is 0 Å². The number of fused-ring (bicyclic) bond motifs is 1. The summed E-state index contributed by atoms with van der Waals surface area (Å²) in [4.78, 5) is 12.2. The summed E-state index contributed by atoms with van der Waals surface area (Å²) >= 11 is 0. The molecular formula is C25H20F5N5O. The summed E-state index contributed by atoms with van der Waals surface area (Å²) in [6.07, 6.45) is -4.83. The molecule has 0 aliphatic heterocycles. The van der Waals surface area contributed by atoms with Crippen LogP contribution in [0.1, 0.15) is 12.5 Å². The first kappa shape index (κ1) is 24.8. The van der Waals surface area contributed by atoms with Crippen molar-refractivity contribution in [1.29, 1.82) is 0 Å². The zero-order chi connectivity index (χ0) is 25.9. The van der Waals surface area contributed by atoms with E-state index in [0.29, 0.717) is 23.1 Å². The van der Waals surface area contributed by atoms with Gasteiger partial charge in [-0.15, -0.1) is 10.2 Å². The number of benzene rings is 3. The molecule has 0 bridgehead atoms. The molecule has 3 aromatic carbocycles. The van der Waals surface area contributed by atoms with Crippen LogP contribution in [0.4, 0.5) is 38.3 Å². The van der Waals surface area contributed by atoms with Gasteiger partial charge in [0, 0.05) is 28.9 Å². The second kappa shape index (κ2) is 10.1. The van der Waals surface area contributed by atoms with Crippen molar-refractivity contribution in [1.82, 2.24) is 15.5 Å². The van der Waals surface area contributed by atoms with Crippen molar-refractivity contribution in [2.45, 2.75) is 19.1 Å². The molecule has 4 aromatic rings. The first-order valence-corrected chi connectivity index (χ1v) is 10.8. The number of carbonyl (C=O) groups excluding carboxylic acids is 1. The van der Waals surface area contributed by atoms with Gasteiger partial charge < -0.3 is 16.0 Å². The molecule has 1 aromatic heterocycles. The topological polar surface area (TPSA) is 78.9 Å². The molecule has 3 N–H and O–H groups in total. The van der Waals surface area contributed by atoms with Crippen molar-refractivity contribution in [3.05, 3.63) is 83.9 Å². The molecule has 0 aliphatic rings. The minimum absolute atomic E-state index is 0.0318. The van der Waals surface area contributed by atoms with Crippen LogP contribution in [0.15, 0.2) is 66.7 Å². The van der Waals surface area contributed by atoms with Crippen LogP contribution in [-0.2, 0) is 6.18 Å². The number of carbonyl (C=O) groups is 1. The number of hydrogen-bond donors (Lipinski definition) is 3. The maximum absolute atomic E-state index is 13.3. The normalized spacial score (nSPS) is 12.3. The van der Waals surface area contributed by atoms with Gasteiger partial charge in [-0.25, -0.2) is 13.6 Å². The molecule has 11 heteroatoms. The quantitative estimate of drug-likeness (QED) is 0.274. The Morgan fingerprint density at radius 2 is 1.58 bits per heavy atom. The lowest BCUT2D eigenvalue weighted by Crippen LogP contribution is -2.37. The van der Waals surface area contributed by atoms with E-state index in [2.05, 4.69) is 26.1 Å². The fourth-order valence-electron chi connectivity index (χ4n) is 3.59. The SMILES string of the molecule is C[C@@H](CNC(=O)Nc1ccc(F)cc1C(F)(F)F)Nc1nnc(-c2ccc(F)cc2)c2ccccc12. The van der Waals surface area contributed by atoms with E-state index in [-0.39, 0.29) is 18.4 Å². The minimum atomic E-state index is -4.83. The molecule has 0 aliphatic carbocycles. The summed E-state index contributed by atoms with van der Waals surface area (Å²) < 4.78 is 66.0.